The van der Waals surface area contributed by atoms with Crippen molar-refractivity contribution in [1.29, 1.82) is 0 Å². The Bertz CT molecular complexity index is 819. The first-order valence-electron chi connectivity index (χ1n) is 8.68. The summed E-state index contributed by atoms with van der Waals surface area (Å²) in [6.45, 7) is 0. The van der Waals surface area contributed by atoms with E-state index in [0.717, 1.165) is 29.7 Å². The van der Waals surface area contributed by atoms with Crippen molar-refractivity contribution in [2.45, 2.75) is 38.2 Å². The van der Waals surface area contributed by atoms with Gasteiger partial charge in [-0.1, -0.05) is 11.6 Å². The van der Waals surface area contributed by atoms with Crippen LogP contribution < -0.4 is 4.74 Å². The Balaban J connectivity index is 1.47. The molecule has 0 radical (unpaired) electrons. The van der Waals surface area contributed by atoms with Gasteiger partial charge in [-0.05, 0) is 74.2 Å². The topological polar surface area (TPSA) is 68.4 Å². The fourth-order valence-corrected chi connectivity index (χ4v) is 3.12. The van der Waals surface area contributed by atoms with Crippen LogP contribution in [-0.2, 0) is 0 Å². The molecular weight excluding hydrogens is 316 g/mol. The van der Waals surface area contributed by atoms with Gasteiger partial charge in [-0.15, -0.1) is 0 Å². The SMILES string of the molecule is Oc1ccc(-c2nc(-c3ccc(OC4CCCCC4)cc3)no2)cc1. The van der Waals surface area contributed by atoms with Crippen LogP contribution in [0.3, 0.4) is 0 Å². The molecule has 0 atom stereocenters. The van der Waals surface area contributed by atoms with E-state index in [1.807, 2.05) is 24.3 Å². The van der Waals surface area contributed by atoms with Crippen molar-refractivity contribution in [1.82, 2.24) is 10.1 Å². The molecule has 25 heavy (non-hydrogen) atoms. The van der Waals surface area contributed by atoms with Crippen molar-refractivity contribution in [3.63, 3.8) is 0 Å². The number of aromatic nitrogens is 2. The molecule has 0 amide bonds. The number of nitrogens with zero attached hydrogens (tertiary/aromatic N) is 2. The Hall–Kier alpha value is -2.82. The molecule has 1 aromatic heterocycles. The first-order valence-corrected chi connectivity index (χ1v) is 8.68. The molecular formula is C20H20N2O3. The molecule has 1 fully saturated rings. The third kappa shape index (κ3) is 3.65. The molecule has 1 saturated carbocycles. The van der Waals surface area contributed by atoms with Crippen LogP contribution in [0.2, 0.25) is 0 Å². The van der Waals surface area contributed by atoms with Gasteiger partial charge in [0.05, 0.1) is 6.10 Å². The molecule has 0 bridgehead atoms. The number of rotatable bonds is 4. The zero-order chi connectivity index (χ0) is 17.1. The molecule has 3 aromatic rings. The van der Waals surface area contributed by atoms with Crippen LogP contribution in [0.15, 0.2) is 53.1 Å². The van der Waals surface area contributed by atoms with Gasteiger partial charge in [0, 0.05) is 11.1 Å². The summed E-state index contributed by atoms with van der Waals surface area (Å²) < 4.78 is 11.4. The molecule has 5 heteroatoms. The van der Waals surface area contributed by atoms with Crippen LogP contribution in [0.1, 0.15) is 32.1 Å². The minimum Gasteiger partial charge on any atom is -0.508 e. The van der Waals surface area contributed by atoms with Gasteiger partial charge in [0.2, 0.25) is 5.82 Å². The zero-order valence-electron chi connectivity index (χ0n) is 13.9. The molecule has 1 N–H and O–H groups in total. The van der Waals surface area contributed by atoms with Crippen molar-refractivity contribution < 1.29 is 14.4 Å². The van der Waals surface area contributed by atoms with E-state index in [2.05, 4.69) is 10.1 Å². The monoisotopic (exact) mass is 336 g/mol. The lowest BCUT2D eigenvalue weighted by molar-refractivity contribution is 0.155. The summed E-state index contributed by atoms with van der Waals surface area (Å²) in [6.07, 6.45) is 6.45. The number of phenolic OH excluding ortho intramolecular Hbond substituents is 1. The minimum absolute atomic E-state index is 0.206. The molecule has 0 saturated heterocycles. The van der Waals surface area contributed by atoms with E-state index >= 15 is 0 Å². The predicted octanol–water partition coefficient (Wildman–Crippen LogP) is 4.82. The average molecular weight is 336 g/mol. The highest BCUT2D eigenvalue weighted by atomic mass is 16.5. The Labute approximate surface area is 146 Å². The predicted molar refractivity (Wildman–Crippen MR) is 94.3 cm³/mol. The fraction of sp³-hybridized carbons (Fsp3) is 0.300. The van der Waals surface area contributed by atoms with Crippen molar-refractivity contribution in [3.8, 4) is 34.3 Å². The Kier molecular flexibility index (Phi) is 4.37. The first-order chi connectivity index (χ1) is 12.3. The number of hydrogen-bond acceptors (Lipinski definition) is 5. The zero-order valence-corrected chi connectivity index (χ0v) is 13.9. The van der Waals surface area contributed by atoms with Gasteiger partial charge in [0.1, 0.15) is 11.5 Å². The Morgan fingerprint density at radius 2 is 1.56 bits per heavy atom. The second kappa shape index (κ2) is 6.97. The lowest BCUT2D eigenvalue weighted by Crippen LogP contribution is -2.19. The summed E-state index contributed by atoms with van der Waals surface area (Å²) in [5, 5.41) is 13.4. The maximum atomic E-state index is 9.35. The van der Waals surface area contributed by atoms with E-state index in [1.54, 1.807) is 24.3 Å². The van der Waals surface area contributed by atoms with Crippen LogP contribution in [0, 0.1) is 0 Å². The molecule has 0 spiro atoms. The van der Waals surface area contributed by atoms with Crippen molar-refractivity contribution >= 4 is 0 Å². The summed E-state index contributed by atoms with van der Waals surface area (Å²) in [5.74, 6) is 2.06. The molecule has 4 rings (SSSR count). The van der Waals surface area contributed by atoms with Gasteiger partial charge in [0.25, 0.3) is 5.89 Å². The molecule has 0 aliphatic heterocycles. The third-order valence-electron chi connectivity index (χ3n) is 4.51. The van der Waals surface area contributed by atoms with Gasteiger partial charge in [-0.2, -0.15) is 4.98 Å². The lowest BCUT2D eigenvalue weighted by Gasteiger charge is -2.22. The van der Waals surface area contributed by atoms with Gasteiger partial charge in [-0.25, -0.2) is 0 Å². The number of phenols is 1. The maximum Gasteiger partial charge on any atom is 0.258 e. The molecule has 1 aliphatic carbocycles. The van der Waals surface area contributed by atoms with Crippen molar-refractivity contribution in [2.75, 3.05) is 0 Å². The molecule has 128 valence electrons. The van der Waals surface area contributed by atoms with Gasteiger partial charge >= 0.3 is 0 Å². The Morgan fingerprint density at radius 1 is 0.880 bits per heavy atom. The number of benzene rings is 2. The van der Waals surface area contributed by atoms with E-state index in [-0.39, 0.29) is 5.75 Å². The summed E-state index contributed by atoms with van der Waals surface area (Å²) in [6, 6.07) is 14.5. The smallest absolute Gasteiger partial charge is 0.258 e. The average Bonchev–Trinajstić information content (AvgIpc) is 3.14. The van der Waals surface area contributed by atoms with E-state index in [4.69, 9.17) is 9.26 Å². The van der Waals surface area contributed by atoms with Gasteiger partial charge < -0.3 is 14.4 Å². The molecule has 1 heterocycles. The summed E-state index contributed by atoms with van der Waals surface area (Å²) in [7, 11) is 0. The molecule has 1 aliphatic rings. The summed E-state index contributed by atoms with van der Waals surface area (Å²) >= 11 is 0. The van der Waals surface area contributed by atoms with Crippen LogP contribution in [0.25, 0.3) is 22.8 Å². The normalized spacial score (nSPS) is 15.2. The summed E-state index contributed by atoms with van der Waals surface area (Å²) in [5.41, 5.74) is 1.65. The lowest BCUT2D eigenvalue weighted by atomic mass is 9.98. The molecule has 5 nitrogen and oxygen atoms in total. The van der Waals surface area contributed by atoms with E-state index in [1.165, 1.54) is 19.3 Å². The first kappa shape index (κ1) is 15.7. The van der Waals surface area contributed by atoms with Crippen LogP contribution in [-0.4, -0.2) is 21.4 Å². The standard InChI is InChI=1S/C20H20N2O3/c23-16-10-6-15(7-11-16)20-21-19(22-25-20)14-8-12-18(13-9-14)24-17-4-2-1-3-5-17/h6-13,17,23H,1-5H2. The molecule has 2 aromatic carbocycles. The highest BCUT2D eigenvalue weighted by Gasteiger charge is 2.15. The Morgan fingerprint density at radius 3 is 2.28 bits per heavy atom. The fourth-order valence-electron chi connectivity index (χ4n) is 3.12. The summed E-state index contributed by atoms with van der Waals surface area (Å²) in [4.78, 5) is 4.43. The highest BCUT2D eigenvalue weighted by Crippen LogP contribution is 2.27. The maximum absolute atomic E-state index is 9.35. The van der Waals surface area contributed by atoms with E-state index in [0.29, 0.717) is 17.8 Å². The van der Waals surface area contributed by atoms with Crippen molar-refractivity contribution in [3.05, 3.63) is 48.5 Å². The second-order valence-electron chi connectivity index (χ2n) is 6.37. The minimum atomic E-state index is 0.206. The largest absolute Gasteiger partial charge is 0.508 e. The van der Waals surface area contributed by atoms with Crippen LogP contribution in [0.4, 0.5) is 0 Å². The second-order valence-corrected chi connectivity index (χ2v) is 6.37. The van der Waals surface area contributed by atoms with Crippen LogP contribution >= 0.6 is 0 Å². The van der Waals surface area contributed by atoms with Gasteiger partial charge in [-0.3, -0.25) is 0 Å². The van der Waals surface area contributed by atoms with Crippen molar-refractivity contribution in [2.24, 2.45) is 0 Å². The number of aromatic hydroxyl groups is 1. The van der Waals surface area contributed by atoms with Crippen LogP contribution in [0.5, 0.6) is 11.5 Å². The van der Waals surface area contributed by atoms with Gasteiger partial charge in [0.15, 0.2) is 0 Å². The number of hydrogen-bond donors (Lipinski definition) is 1. The quantitative estimate of drug-likeness (QED) is 0.739. The third-order valence-corrected chi connectivity index (χ3v) is 4.51. The van der Waals surface area contributed by atoms with E-state index in [9.17, 15) is 5.11 Å². The van der Waals surface area contributed by atoms with E-state index < -0.39 is 0 Å². The highest BCUT2D eigenvalue weighted by molar-refractivity contribution is 5.60. The molecule has 0 unspecified atom stereocenters. The number of ether oxygens (including phenoxy) is 1.